The summed E-state index contributed by atoms with van der Waals surface area (Å²) in [6.07, 6.45) is 3.72. The number of sulfone groups is 1. The summed E-state index contributed by atoms with van der Waals surface area (Å²) in [5.74, 6) is 1.25. The van der Waals surface area contributed by atoms with Crippen LogP contribution < -0.4 is 10.6 Å². The van der Waals surface area contributed by atoms with Crippen molar-refractivity contribution < 1.29 is 12.8 Å². The number of nitrogens with one attached hydrogen (secondary N) is 2. The molecular weight excluding hydrogens is 464 g/mol. The summed E-state index contributed by atoms with van der Waals surface area (Å²) in [4.78, 5) is 4.10. The molecule has 1 aromatic carbocycles. The summed E-state index contributed by atoms with van der Waals surface area (Å²) in [6, 6.07) is 4.77. The van der Waals surface area contributed by atoms with E-state index >= 15 is 0 Å². The van der Waals surface area contributed by atoms with Crippen LogP contribution in [-0.4, -0.2) is 46.2 Å². The highest BCUT2D eigenvalue weighted by Gasteiger charge is 2.06. The monoisotopic (exact) mass is 489 g/mol. The molecule has 0 heterocycles. The lowest BCUT2D eigenvalue weighted by Crippen LogP contribution is -2.37. The first-order chi connectivity index (χ1) is 10.9. The van der Waals surface area contributed by atoms with Crippen molar-refractivity contribution in [1.82, 2.24) is 10.6 Å². The number of benzene rings is 1. The van der Waals surface area contributed by atoms with Gasteiger partial charge >= 0.3 is 0 Å². The highest BCUT2D eigenvalue weighted by molar-refractivity contribution is 14.0. The van der Waals surface area contributed by atoms with Gasteiger partial charge in [0.1, 0.15) is 15.7 Å². The summed E-state index contributed by atoms with van der Waals surface area (Å²) in [7, 11) is -1.29. The summed E-state index contributed by atoms with van der Waals surface area (Å²) >= 11 is 1.64. The Bertz CT molecular complexity index is 640. The van der Waals surface area contributed by atoms with Gasteiger partial charge in [-0.05, 0) is 35.9 Å². The predicted molar refractivity (Wildman–Crippen MR) is 112 cm³/mol. The molecule has 5 nitrogen and oxygen atoms in total. The molecule has 0 unspecified atom stereocenters. The fraction of sp³-hybridized carbons (Fsp3) is 0.533. The second kappa shape index (κ2) is 11.9. The van der Waals surface area contributed by atoms with Crippen LogP contribution in [0, 0.1) is 5.82 Å². The van der Waals surface area contributed by atoms with Crippen molar-refractivity contribution in [3.05, 3.63) is 35.1 Å². The van der Waals surface area contributed by atoms with Gasteiger partial charge in [-0.15, -0.1) is 24.0 Å². The lowest BCUT2D eigenvalue weighted by atomic mass is 10.1. The molecule has 9 heteroatoms. The van der Waals surface area contributed by atoms with Crippen molar-refractivity contribution in [2.75, 3.05) is 31.9 Å². The summed E-state index contributed by atoms with van der Waals surface area (Å²) < 4.78 is 35.5. The quantitative estimate of drug-likeness (QED) is 0.254. The standard InChI is InChI=1S/C15H24FN3O2S2.HI/c1-17-15(18-7-4-8-23(3,20)21)19-10-12-5-6-14(16)9-13(12)11-22-2;/h5-6,9H,4,7-8,10-11H2,1-3H3,(H2,17,18,19);1H. The Morgan fingerprint density at radius 3 is 2.58 bits per heavy atom. The first-order valence-electron chi connectivity index (χ1n) is 7.24. The largest absolute Gasteiger partial charge is 0.356 e. The second-order valence-corrected chi connectivity index (χ2v) is 8.31. The minimum atomic E-state index is -2.94. The van der Waals surface area contributed by atoms with Crippen molar-refractivity contribution >= 4 is 51.5 Å². The van der Waals surface area contributed by atoms with Gasteiger partial charge in [-0.2, -0.15) is 11.8 Å². The first-order valence-corrected chi connectivity index (χ1v) is 10.7. The average Bonchev–Trinajstić information content (AvgIpc) is 2.47. The van der Waals surface area contributed by atoms with Crippen molar-refractivity contribution in [1.29, 1.82) is 0 Å². The van der Waals surface area contributed by atoms with E-state index in [1.165, 1.54) is 12.3 Å². The molecule has 0 fully saturated rings. The molecule has 0 bridgehead atoms. The van der Waals surface area contributed by atoms with Gasteiger partial charge in [0, 0.05) is 32.1 Å². The van der Waals surface area contributed by atoms with Gasteiger partial charge < -0.3 is 10.6 Å². The van der Waals surface area contributed by atoms with Crippen molar-refractivity contribution in [2.24, 2.45) is 4.99 Å². The predicted octanol–water partition coefficient (Wildman–Crippen LogP) is 2.41. The van der Waals surface area contributed by atoms with E-state index in [0.29, 0.717) is 25.5 Å². The molecule has 0 aliphatic heterocycles. The number of hydrogen-bond donors (Lipinski definition) is 2. The van der Waals surface area contributed by atoms with Gasteiger partial charge in [0.2, 0.25) is 0 Å². The van der Waals surface area contributed by atoms with Gasteiger partial charge in [0.15, 0.2) is 5.96 Å². The number of nitrogens with zero attached hydrogens (tertiary/aromatic N) is 1. The Balaban J connectivity index is 0.00000529. The zero-order valence-electron chi connectivity index (χ0n) is 14.1. The molecule has 0 aliphatic rings. The molecule has 24 heavy (non-hydrogen) atoms. The van der Waals surface area contributed by atoms with Crippen molar-refractivity contribution in [2.45, 2.75) is 18.7 Å². The van der Waals surface area contributed by atoms with Crippen molar-refractivity contribution in [3.63, 3.8) is 0 Å². The lowest BCUT2D eigenvalue weighted by Gasteiger charge is -2.14. The van der Waals surface area contributed by atoms with E-state index in [2.05, 4.69) is 15.6 Å². The Morgan fingerprint density at radius 2 is 2.00 bits per heavy atom. The molecule has 2 N–H and O–H groups in total. The fourth-order valence-corrected chi connectivity index (χ4v) is 3.25. The third-order valence-corrected chi connectivity index (χ3v) is 4.75. The molecule has 0 amide bonds. The van der Waals surface area contributed by atoms with Crippen LogP contribution in [0.2, 0.25) is 0 Å². The van der Waals surface area contributed by atoms with Crippen LogP contribution in [0.4, 0.5) is 4.39 Å². The van der Waals surface area contributed by atoms with Crippen LogP contribution in [0.5, 0.6) is 0 Å². The van der Waals surface area contributed by atoms with E-state index in [1.807, 2.05) is 6.26 Å². The number of thioether (sulfide) groups is 1. The molecule has 1 aromatic rings. The van der Waals surface area contributed by atoms with Crippen LogP contribution in [0.1, 0.15) is 17.5 Å². The summed E-state index contributed by atoms with van der Waals surface area (Å²) in [5, 5.41) is 6.23. The van der Waals surface area contributed by atoms with Crippen molar-refractivity contribution in [3.8, 4) is 0 Å². The number of hydrogen-bond acceptors (Lipinski definition) is 4. The Kier molecular flexibility index (Phi) is 11.6. The molecule has 0 aromatic heterocycles. The van der Waals surface area contributed by atoms with Crippen LogP contribution in [0.3, 0.4) is 0 Å². The zero-order chi connectivity index (χ0) is 17.3. The van der Waals surface area contributed by atoms with Crippen LogP contribution in [0.25, 0.3) is 0 Å². The number of aliphatic imine (C=N–C) groups is 1. The Morgan fingerprint density at radius 1 is 1.29 bits per heavy atom. The molecule has 0 spiro atoms. The topological polar surface area (TPSA) is 70.6 Å². The molecule has 0 saturated carbocycles. The van der Waals surface area contributed by atoms with Crippen LogP contribution in [0.15, 0.2) is 23.2 Å². The van der Waals surface area contributed by atoms with E-state index in [4.69, 9.17) is 0 Å². The normalized spacial score (nSPS) is 11.8. The van der Waals surface area contributed by atoms with E-state index in [-0.39, 0.29) is 35.5 Å². The first kappa shape index (κ1) is 23.4. The Labute approximate surface area is 165 Å². The van der Waals surface area contributed by atoms with Crippen LogP contribution >= 0.6 is 35.7 Å². The molecule has 1 rings (SSSR count). The highest BCUT2D eigenvalue weighted by atomic mass is 127. The van der Waals surface area contributed by atoms with Gasteiger partial charge in [0.05, 0.1) is 5.75 Å². The maximum absolute atomic E-state index is 13.3. The minimum absolute atomic E-state index is 0. The van der Waals surface area contributed by atoms with Gasteiger partial charge in [-0.25, -0.2) is 12.8 Å². The molecule has 0 atom stereocenters. The number of guanidine groups is 1. The average molecular weight is 489 g/mol. The molecule has 0 radical (unpaired) electrons. The van der Waals surface area contributed by atoms with E-state index in [0.717, 1.165) is 16.9 Å². The SMILES string of the molecule is CN=C(NCCCS(C)(=O)=O)NCc1ccc(F)cc1CSC.I. The molecule has 138 valence electrons. The fourth-order valence-electron chi connectivity index (χ4n) is 2.00. The zero-order valence-corrected chi connectivity index (χ0v) is 18.1. The third kappa shape index (κ3) is 9.67. The second-order valence-electron chi connectivity index (χ2n) is 5.18. The van der Waals surface area contributed by atoms with E-state index in [9.17, 15) is 12.8 Å². The maximum atomic E-state index is 13.3. The van der Waals surface area contributed by atoms with Gasteiger partial charge in [0.25, 0.3) is 0 Å². The third-order valence-electron chi connectivity index (χ3n) is 3.12. The Hall–Kier alpha value is -0.550. The summed E-state index contributed by atoms with van der Waals surface area (Å²) in [5.41, 5.74) is 1.97. The maximum Gasteiger partial charge on any atom is 0.191 e. The van der Waals surface area contributed by atoms with Gasteiger partial charge in [-0.3, -0.25) is 4.99 Å². The minimum Gasteiger partial charge on any atom is -0.356 e. The molecule has 0 saturated heterocycles. The number of halogens is 2. The van der Waals surface area contributed by atoms with E-state index in [1.54, 1.807) is 30.9 Å². The molecule has 0 aliphatic carbocycles. The summed E-state index contributed by atoms with van der Waals surface area (Å²) in [6.45, 7) is 1.05. The smallest absolute Gasteiger partial charge is 0.191 e. The lowest BCUT2D eigenvalue weighted by molar-refractivity contribution is 0.598. The van der Waals surface area contributed by atoms with Crippen LogP contribution in [-0.2, 0) is 22.1 Å². The highest BCUT2D eigenvalue weighted by Crippen LogP contribution is 2.16. The number of rotatable bonds is 8. The molecular formula is C15H25FIN3O2S2. The van der Waals surface area contributed by atoms with E-state index < -0.39 is 9.84 Å². The van der Waals surface area contributed by atoms with Gasteiger partial charge in [-0.1, -0.05) is 6.07 Å².